The van der Waals surface area contributed by atoms with Gasteiger partial charge in [-0.15, -0.1) is 0 Å². The van der Waals surface area contributed by atoms with Crippen molar-refractivity contribution in [3.63, 3.8) is 0 Å². The van der Waals surface area contributed by atoms with Crippen LogP contribution in [0.2, 0.25) is 0 Å². The molecule has 0 aliphatic carbocycles. The van der Waals surface area contributed by atoms with Crippen LogP contribution in [0.4, 0.5) is 0 Å². The predicted octanol–water partition coefficient (Wildman–Crippen LogP) is 0.732. The van der Waals surface area contributed by atoms with E-state index in [-0.39, 0.29) is 11.8 Å². The van der Waals surface area contributed by atoms with Gasteiger partial charge < -0.3 is 10.6 Å². The van der Waals surface area contributed by atoms with Gasteiger partial charge in [0.1, 0.15) is 0 Å². The van der Waals surface area contributed by atoms with E-state index in [4.69, 9.17) is 11.0 Å². The SMILES string of the molecule is CC[C@@H](N)C(=O)N(CC)CC(C)C#N. The van der Waals surface area contributed by atoms with Crippen LogP contribution in [0.3, 0.4) is 0 Å². The number of nitrogens with two attached hydrogens (primary N) is 1. The van der Waals surface area contributed by atoms with Crippen molar-refractivity contribution in [2.75, 3.05) is 13.1 Å². The molecular weight excluding hydrogens is 178 g/mol. The zero-order chi connectivity index (χ0) is 11.1. The van der Waals surface area contributed by atoms with Crippen LogP contribution in [-0.4, -0.2) is 29.9 Å². The molecule has 0 fully saturated rings. The molecule has 1 amide bonds. The Morgan fingerprint density at radius 3 is 2.50 bits per heavy atom. The van der Waals surface area contributed by atoms with Gasteiger partial charge in [0.2, 0.25) is 5.91 Å². The Labute approximate surface area is 85.7 Å². The highest BCUT2D eigenvalue weighted by atomic mass is 16.2. The number of carbonyl (C=O) groups is 1. The molecule has 14 heavy (non-hydrogen) atoms. The molecule has 0 spiro atoms. The molecule has 1 unspecified atom stereocenters. The first-order valence-corrected chi connectivity index (χ1v) is 5.00. The minimum Gasteiger partial charge on any atom is -0.340 e. The van der Waals surface area contributed by atoms with Crippen LogP contribution in [0.15, 0.2) is 0 Å². The maximum absolute atomic E-state index is 11.6. The Morgan fingerprint density at radius 2 is 2.14 bits per heavy atom. The van der Waals surface area contributed by atoms with E-state index in [9.17, 15) is 4.79 Å². The van der Waals surface area contributed by atoms with Gasteiger partial charge in [-0.05, 0) is 20.3 Å². The first kappa shape index (κ1) is 12.9. The van der Waals surface area contributed by atoms with Gasteiger partial charge in [0.25, 0.3) is 0 Å². The lowest BCUT2D eigenvalue weighted by molar-refractivity contribution is -0.132. The number of nitriles is 1. The minimum absolute atomic E-state index is 0.0582. The fourth-order valence-corrected chi connectivity index (χ4v) is 1.16. The van der Waals surface area contributed by atoms with Gasteiger partial charge in [0, 0.05) is 13.1 Å². The molecule has 2 atom stereocenters. The zero-order valence-corrected chi connectivity index (χ0v) is 9.16. The Bertz CT molecular complexity index is 222. The topological polar surface area (TPSA) is 70.1 Å². The van der Waals surface area contributed by atoms with Crippen molar-refractivity contribution in [1.29, 1.82) is 5.26 Å². The minimum atomic E-state index is -0.430. The average molecular weight is 197 g/mol. The van der Waals surface area contributed by atoms with Gasteiger partial charge in [-0.3, -0.25) is 4.79 Å². The quantitative estimate of drug-likeness (QED) is 0.706. The third-order valence-electron chi connectivity index (χ3n) is 2.17. The molecule has 0 saturated carbocycles. The summed E-state index contributed by atoms with van der Waals surface area (Å²) in [5.41, 5.74) is 5.64. The third kappa shape index (κ3) is 3.75. The average Bonchev–Trinajstić information content (AvgIpc) is 2.23. The summed E-state index contributed by atoms with van der Waals surface area (Å²) in [4.78, 5) is 13.3. The highest BCUT2D eigenvalue weighted by Crippen LogP contribution is 2.02. The Hall–Kier alpha value is -1.08. The van der Waals surface area contributed by atoms with Gasteiger partial charge in [-0.1, -0.05) is 6.92 Å². The molecule has 0 aliphatic heterocycles. The second-order valence-electron chi connectivity index (χ2n) is 3.42. The van der Waals surface area contributed by atoms with Crippen LogP contribution in [0.25, 0.3) is 0 Å². The highest BCUT2D eigenvalue weighted by Gasteiger charge is 2.19. The fraction of sp³-hybridized carbons (Fsp3) is 0.800. The normalized spacial score (nSPS) is 14.2. The molecule has 0 radical (unpaired) electrons. The van der Waals surface area contributed by atoms with E-state index in [1.165, 1.54) is 0 Å². The molecule has 0 heterocycles. The van der Waals surface area contributed by atoms with Crippen LogP contribution in [0.1, 0.15) is 27.2 Å². The van der Waals surface area contributed by atoms with Gasteiger partial charge in [-0.25, -0.2) is 0 Å². The van der Waals surface area contributed by atoms with E-state index in [0.717, 1.165) is 0 Å². The number of hydrogen-bond donors (Lipinski definition) is 1. The molecular formula is C10H19N3O. The second kappa shape index (κ2) is 6.39. The van der Waals surface area contributed by atoms with E-state index in [2.05, 4.69) is 6.07 Å². The highest BCUT2D eigenvalue weighted by molar-refractivity contribution is 5.81. The summed E-state index contributed by atoms with van der Waals surface area (Å²) in [6.07, 6.45) is 0.635. The van der Waals surface area contributed by atoms with Crippen LogP contribution >= 0.6 is 0 Å². The summed E-state index contributed by atoms with van der Waals surface area (Å²) in [7, 11) is 0. The van der Waals surface area contributed by atoms with Gasteiger partial charge >= 0.3 is 0 Å². The molecule has 0 aromatic carbocycles. The third-order valence-corrected chi connectivity index (χ3v) is 2.17. The molecule has 0 aromatic rings. The van der Waals surface area contributed by atoms with Crippen molar-refractivity contribution in [2.24, 2.45) is 11.7 Å². The summed E-state index contributed by atoms with van der Waals surface area (Å²) < 4.78 is 0. The van der Waals surface area contributed by atoms with Crippen molar-refractivity contribution < 1.29 is 4.79 Å². The van der Waals surface area contributed by atoms with Gasteiger partial charge in [0.05, 0.1) is 18.0 Å². The number of hydrogen-bond acceptors (Lipinski definition) is 3. The van der Waals surface area contributed by atoms with Crippen LogP contribution in [0.5, 0.6) is 0 Å². The predicted molar refractivity (Wildman–Crippen MR) is 55.3 cm³/mol. The summed E-state index contributed by atoms with van der Waals surface area (Å²) in [6, 6.07) is 1.68. The van der Waals surface area contributed by atoms with E-state index >= 15 is 0 Å². The summed E-state index contributed by atoms with van der Waals surface area (Å²) >= 11 is 0. The van der Waals surface area contributed by atoms with Crippen molar-refractivity contribution in [3.8, 4) is 6.07 Å². The number of amides is 1. The van der Waals surface area contributed by atoms with E-state index < -0.39 is 6.04 Å². The Balaban J connectivity index is 4.27. The monoisotopic (exact) mass is 197 g/mol. The lowest BCUT2D eigenvalue weighted by atomic mass is 10.1. The van der Waals surface area contributed by atoms with E-state index in [1.807, 2.05) is 13.8 Å². The Kier molecular flexibility index (Phi) is 5.89. The summed E-state index contributed by atoms with van der Waals surface area (Å²) in [5, 5.41) is 8.64. The lowest BCUT2D eigenvalue weighted by Crippen LogP contribution is -2.44. The molecule has 0 rings (SSSR count). The first-order valence-electron chi connectivity index (χ1n) is 5.00. The maximum Gasteiger partial charge on any atom is 0.239 e. The van der Waals surface area contributed by atoms with Crippen molar-refractivity contribution in [3.05, 3.63) is 0 Å². The maximum atomic E-state index is 11.6. The second-order valence-corrected chi connectivity index (χ2v) is 3.42. The van der Waals surface area contributed by atoms with E-state index in [0.29, 0.717) is 19.5 Å². The summed E-state index contributed by atoms with van der Waals surface area (Å²) in [6.45, 7) is 6.65. The van der Waals surface area contributed by atoms with Crippen molar-refractivity contribution >= 4 is 5.91 Å². The number of rotatable bonds is 5. The van der Waals surface area contributed by atoms with Crippen LogP contribution in [0, 0.1) is 17.2 Å². The van der Waals surface area contributed by atoms with Gasteiger partial charge in [-0.2, -0.15) is 5.26 Å². The lowest BCUT2D eigenvalue weighted by Gasteiger charge is -2.24. The van der Waals surface area contributed by atoms with Crippen molar-refractivity contribution in [2.45, 2.75) is 33.2 Å². The number of likely N-dealkylation sites (N-methyl/N-ethyl adjacent to an activating group) is 1. The number of carbonyl (C=O) groups excluding carboxylic acids is 1. The van der Waals surface area contributed by atoms with Gasteiger partial charge in [0.15, 0.2) is 0 Å². The smallest absolute Gasteiger partial charge is 0.239 e. The fourth-order valence-electron chi connectivity index (χ4n) is 1.16. The van der Waals surface area contributed by atoms with E-state index in [1.54, 1.807) is 11.8 Å². The van der Waals surface area contributed by atoms with Crippen LogP contribution < -0.4 is 5.73 Å². The molecule has 4 nitrogen and oxygen atoms in total. The number of nitrogens with zero attached hydrogens (tertiary/aromatic N) is 2. The summed E-state index contributed by atoms with van der Waals surface area (Å²) in [5.74, 6) is -0.194. The molecule has 80 valence electrons. The molecule has 0 bridgehead atoms. The van der Waals surface area contributed by atoms with Crippen molar-refractivity contribution in [1.82, 2.24) is 4.90 Å². The molecule has 4 heteroatoms. The largest absolute Gasteiger partial charge is 0.340 e. The standard InChI is InChI=1S/C10H19N3O/c1-4-9(12)10(14)13(5-2)7-8(3)6-11/h8-9H,4-5,7,12H2,1-3H3/t8?,9-/m1/s1. The molecule has 2 N–H and O–H groups in total. The van der Waals surface area contributed by atoms with Crippen LogP contribution in [-0.2, 0) is 4.79 Å². The Morgan fingerprint density at radius 1 is 1.57 bits per heavy atom. The zero-order valence-electron chi connectivity index (χ0n) is 9.16. The first-order chi connectivity index (χ1) is 6.56. The molecule has 0 aromatic heterocycles. The molecule has 0 saturated heterocycles. The molecule has 0 aliphatic rings.